The number of aromatic nitrogens is 2. The van der Waals surface area contributed by atoms with Crippen molar-refractivity contribution in [2.24, 2.45) is 0 Å². The Morgan fingerprint density at radius 1 is 1.05 bits per heavy atom. The molecule has 1 unspecified atom stereocenters. The Morgan fingerprint density at radius 3 is 2.44 bits per heavy atom. The lowest BCUT2D eigenvalue weighted by Gasteiger charge is -2.25. The summed E-state index contributed by atoms with van der Waals surface area (Å²) in [5, 5.41) is 5.18. The van der Waals surface area contributed by atoms with E-state index >= 15 is 0 Å². The topological polar surface area (TPSA) is 82.9 Å². The van der Waals surface area contributed by atoms with Crippen molar-refractivity contribution < 1.29 is 22.6 Å². The first kappa shape index (κ1) is 27.2. The fourth-order valence-electron chi connectivity index (χ4n) is 4.54. The van der Waals surface area contributed by atoms with Crippen LogP contribution in [0, 0.1) is 6.92 Å². The molecule has 1 saturated heterocycles. The van der Waals surface area contributed by atoms with Gasteiger partial charge in [0.1, 0.15) is 11.5 Å². The highest BCUT2D eigenvalue weighted by molar-refractivity contribution is 7.89. The van der Waals surface area contributed by atoms with Crippen molar-refractivity contribution in [3.05, 3.63) is 95.1 Å². The van der Waals surface area contributed by atoms with Crippen LogP contribution in [0.15, 0.2) is 83.8 Å². The van der Waals surface area contributed by atoms with E-state index in [1.54, 1.807) is 48.2 Å². The summed E-state index contributed by atoms with van der Waals surface area (Å²) in [4.78, 5) is 0.169. The second kappa shape index (κ2) is 11.8. The molecule has 5 rings (SSSR count). The highest BCUT2D eigenvalue weighted by Crippen LogP contribution is 2.36. The molecule has 1 aliphatic rings. The number of rotatable bonds is 10. The van der Waals surface area contributed by atoms with Gasteiger partial charge in [0, 0.05) is 19.7 Å². The zero-order valence-electron chi connectivity index (χ0n) is 21.8. The van der Waals surface area contributed by atoms with Crippen molar-refractivity contribution in [3.63, 3.8) is 0 Å². The molecule has 0 radical (unpaired) electrons. The highest BCUT2D eigenvalue weighted by Gasteiger charge is 2.32. The molecular formula is C29H30ClN3O5S. The van der Waals surface area contributed by atoms with Crippen LogP contribution in [-0.4, -0.2) is 48.9 Å². The Labute approximate surface area is 233 Å². The summed E-state index contributed by atoms with van der Waals surface area (Å²) in [5.74, 6) is 1.42. The van der Waals surface area contributed by atoms with Crippen molar-refractivity contribution in [3.8, 4) is 23.1 Å². The van der Waals surface area contributed by atoms with Gasteiger partial charge < -0.3 is 14.2 Å². The molecule has 39 heavy (non-hydrogen) atoms. The number of methoxy groups -OCH3 is 1. The maximum Gasteiger partial charge on any atom is 0.243 e. The smallest absolute Gasteiger partial charge is 0.243 e. The molecule has 10 heteroatoms. The summed E-state index contributed by atoms with van der Waals surface area (Å²) in [6, 6.07) is 23.1. The van der Waals surface area contributed by atoms with Crippen LogP contribution in [0.2, 0.25) is 5.02 Å². The predicted molar refractivity (Wildman–Crippen MR) is 149 cm³/mol. The van der Waals surface area contributed by atoms with Gasteiger partial charge in [0.05, 0.1) is 40.1 Å². The molecule has 4 aromatic rings. The van der Waals surface area contributed by atoms with E-state index in [-0.39, 0.29) is 24.1 Å². The fraction of sp³-hybridized carbons (Fsp3) is 0.276. The van der Waals surface area contributed by atoms with Crippen molar-refractivity contribution in [1.29, 1.82) is 0 Å². The highest BCUT2D eigenvalue weighted by atomic mass is 35.5. The quantitative estimate of drug-likeness (QED) is 0.233. The molecule has 1 fully saturated rings. The number of aryl methyl sites for hydroxylation is 1. The molecule has 3 aromatic carbocycles. The van der Waals surface area contributed by atoms with Crippen LogP contribution in [0.3, 0.4) is 0 Å². The van der Waals surface area contributed by atoms with Gasteiger partial charge in [-0.15, -0.1) is 0 Å². The van der Waals surface area contributed by atoms with Gasteiger partial charge in [0.2, 0.25) is 15.9 Å². The molecule has 1 atom stereocenters. The third kappa shape index (κ3) is 5.96. The second-order valence-corrected chi connectivity index (χ2v) is 11.6. The van der Waals surface area contributed by atoms with E-state index in [1.165, 1.54) is 4.31 Å². The monoisotopic (exact) mass is 567 g/mol. The van der Waals surface area contributed by atoms with Crippen molar-refractivity contribution in [2.45, 2.75) is 37.3 Å². The van der Waals surface area contributed by atoms with Crippen LogP contribution >= 0.6 is 11.6 Å². The van der Waals surface area contributed by atoms with Crippen molar-refractivity contribution in [2.75, 3.05) is 20.3 Å². The first-order chi connectivity index (χ1) is 18.9. The minimum absolute atomic E-state index is 0.0344. The molecule has 0 N–H and O–H groups in total. The number of nitrogens with zero attached hydrogens (tertiary/aromatic N) is 3. The number of halogens is 1. The van der Waals surface area contributed by atoms with E-state index in [9.17, 15) is 8.42 Å². The lowest BCUT2D eigenvalue weighted by atomic mass is 10.2. The summed E-state index contributed by atoms with van der Waals surface area (Å²) in [5.41, 5.74) is 2.05. The Hall–Kier alpha value is -3.37. The van der Waals surface area contributed by atoms with Gasteiger partial charge >= 0.3 is 0 Å². The maximum atomic E-state index is 14.0. The van der Waals surface area contributed by atoms with E-state index in [2.05, 4.69) is 0 Å². The summed E-state index contributed by atoms with van der Waals surface area (Å²) in [7, 11) is -2.36. The van der Waals surface area contributed by atoms with E-state index in [0.717, 1.165) is 18.5 Å². The zero-order valence-corrected chi connectivity index (χ0v) is 23.4. The Kier molecular flexibility index (Phi) is 8.23. The third-order valence-electron chi connectivity index (χ3n) is 6.64. The second-order valence-electron chi connectivity index (χ2n) is 9.26. The van der Waals surface area contributed by atoms with Gasteiger partial charge in [-0.25, -0.2) is 13.1 Å². The summed E-state index contributed by atoms with van der Waals surface area (Å²) in [6.07, 6.45) is 1.49. The molecular weight excluding hydrogens is 538 g/mol. The lowest BCUT2D eigenvalue weighted by molar-refractivity contribution is 0.0924. The largest absolute Gasteiger partial charge is 0.497 e. The van der Waals surface area contributed by atoms with Crippen LogP contribution in [0.1, 0.15) is 24.1 Å². The molecule has 0 spiro atoms. The number of ether oxygens (including phenoxy) is 3. The van der Waals surface area contributed by atoms with Gasteiger partial charge in [0.25, 0.3) is 0 Å². The molecule has 0 amide bonds. The first-order valence-corrected chi connectivity index (χ1v) is 14.5. The van der Waals surface area contributed by atoms with E-state index in [4.69, 9.17) is 30.9 Å². The molecule has 204 valence electrons. The van der Waals surface area contributed by atoms with Gasteiger partial charge in [-0.05, 0) is 68.3 Å². The summed E-state index contributed by atoms with van der Waals surface area (Å²) in [6.45, 7) is 2.70. The molecule has 8 nitrogen and oxygen atoms in total. The molecule has 1 aliphatic heterocycles. The normalized spacial score (nSPS) is 15.5. The van der Waals surface area contributed by atoms with Gasteiger partial charge in [0.15, 0.2) is 0 Å². The van der Waals surface area contributed by atoms with E-state index in [0.29, 0.717) is 40.3 Å². The minimum atomic E-state index is -3.90. The van der Waals surface area contributed by atoms with Gasteiger partial charge in [-0.1, -0.05) is 41.9 Å². The predicted octanol–water partition coefficient (Wildman–Crippen LogP) is 6.00. The molecule has 2 heterocycles. The van der Waals surface area contributed by atoms with Crippen molar-refractivity contribution in [1.82, 2.24) is 14.1 Å². The number of hydrogen-bond donors (Lipinski definition) is 0. The number of para-hydroxylation sites is 2. The average Bonchev–Trinajstić information content (AvgIpc) is 3.58. The number of sulfonamides is 1. The maximum absolute atomic E-state index is 14.0. The van der Waals surface area contributed by atoms with Crippen LogP contribution in [0.4, 0.5) is 0 Å². The van der Waals surface area contributed by atoms with Gasteiger partial charge in [-0.2, -0.15) is 9.40 Å². The molecule has 0 bridgehead atoms. The average molecular weight is 568 g/mol. The third-order valence-corrected chi connectivity index (χ3v) is 8.78. The van der Waals surface area contributed by atoms with Crippen LogP contribution in [-0.2, 0) is 21.3 Å². The summed E-state index contributed by atoms with van der Waals surface area (Å²) >= 11 is 6.44. The molecule has 1 aromatic heterocycles. The number of hydrogen-bond acceptors (Lipinski definition) is 6. The lowest BCUT2D eigenvalue weighted by Crippen LogP contribution is -2.37. The fourth-order valence-corrected chi connectivity index (χ4v) is 6.15. The zero-order chi connectivity index (χ0) is 27.4. The van der Waals surface area contributed by atoms with E-state index in [1.807, 2.05) is 49.4 Å². The van der Waals surface area contributed by atoms with Crippen LogP contribution in [0.25, 0.3) is 5.69 Å². The minimum Gasteiger partial charge on any atom is -0.497 e. The Morgan fingerprint density at radius 2 is 1.77 bits per heavy atom. The number of benzene rings is 3. The van der Waals surface area contributed by atoms with Crippen molar-refractivity contribution >= 4 is 21.6 Å². The Balaban J connectivity index is 1.59. The summed E-state index contributed by atoms with van der Waals surface area (Å²) < 4.78 is 48.5. The first-order valence-electron chi connectivity index (χ1n) is 12.7. The Bertz CT molecular complexity index is 1520. The van der Waals surface area contributed by atoms with E-state index < -0.39 is 10.0 Å². The van der Waals surface area contributed by atoms with Gasteiger partial charge in [-0.3, -0.25) is 0 Å². The molecule has 0 saturated carbocycles. The molecule has 0 aliphatic carbocycles. The van der Waals surface area contributed by atoms with Crippen LogP contribution < -0.4 is 9.47 Å². The van der Waals surface area contributed by atoms with Crippen LogP contribution in [0.5, 0.6) is 17.4 Å². The SMILES string of the molecule is COc1ccc(S(=O)(=O)N(Cc2c(C)nn(-c3ccccc3)c2Oc2ccccc2Cl)CC2CCCO2)cc1. The standard InChI is InChI=1S/C29H30ClN3O5S/c1-21-26(29(38-28-13-7-6-12-27(28)30)33(31-21)22-9-4-3-5-10-22)20-32(19-24-11-8-18-37-24)39(34,35)25-16-14-23(36-2)15-17-25/h3-7,9-10,12-17,24H,8,11,18-20H2,1-2H3.